The molecule has 136 valence electrons. The summed E-state index contributed by atoms with van der Waals surface area (Å²) in [6, 6.07) is 14.9. The molecule has 0 aliphatic heterocycles. The van der Waals surface area contributed by atoms with E-state index in [1.807, 2.05) is 19.9 Å². The van der Waals surface area contributed by atoms with E-state index in [4.69, 9.17) is 9.15 Å². The summed E-state index contributed by atoms with van der Waals surface area (Å²) >= 11 is 1.60. The van der Waals surface area contributed by atoms with Gasteiger partial charge in [-0.2, -0.15) is 0 Å². The number of anilines is 1. The van der Waals surface area contributed by atoms with E-state index in [9.17, 15) is 9.59 Å². The maximum atomic E-state index is 12.1. The van der Waals surface area contributed by atoms with Gasteiger partial charge in [0.05, 0.1) is 0 Å². The van der Waals surface area contributed by atoms with Gasteiger partial charge in [0.15, 0.2) is 0 Å². The minimum atomic E-state index is -0.557. The number of ether oxygens (including phenoxy) is 1. The molecule has 1 amide bonds. The third-order valence-corrected chi connectivity index (χ3v) is 5.36. The number of hydrogen-bond acceptors (Lipinski definition) is 5. The number of benzene rings is 2. The molecule has 0 atom stereocenters. The van der Waals surface area contributed by atoms with Crippen LogP contribution >= 0.6 is 11.3 Å². The van der Waals surface area contributed by atoms with Gasteiger partial charge in [-0.25, -0.2) is 9.59 Å². The molecule has 0 fully saturated rings. The molecule has 4 rings (SSSR count). The van der Waals surface area contributed by atoms with Crippen LogP contribution in [-0.4, -0.2) is 6.09 Å². The van der Waals surface area contributed by atoms with Crippen LogP contribution in [0.2, 0.25) is 0 Å². The minimum absolute atomic E-state index is 0.200. The second-order valence-electron chi connectivity index (χ2n) is 6.41. The monoisotopic (exact) mass is 379 g/mol. The Bertz CT molecular complexity index is 1220. The third-order valence-electron chi connectivity index (χ3n) is 4.27. The van der Waals surface area contributed by atoms with E-state index in [0.29, 0.717) is 11.3 Å². The first-order valence-electron chi connectivity index (χ1n) is 8.45. The van der Waals surface area contributed by atoms with Crippen molar-refractivity contribution in [2.75, 3.05) is 5.32 Å². The maximum absolute atomic E-state index is 12.1. The van der Waals surface area contributed by atoms with Crippen LogP contribution in [0.4, 0.5) is 10.5 Å². The Labute approximate surface area is 159 Å². The molecule has 0 bridgehead atoms. The largest absolute Gasteiger partial charge is 0.444 e. The fraction of sp³-hybridized carbons (Fsp3) is 0.143. The Morgan fingerprint density at radius 3 is 2.81 bits per heavy atom. The molecule has 2 heterocycles. The second kappa shape index (κ2) is 6.89. The number of rotatable bonds is 3. The highest BCUT2D eigenvalue weighted by Crippen LogP contribution is 2.27. The zero-order chi connectivity index (χ0) is 19.0. The summed E-state index contributed by atoms with van der Waals surface area (Å²) in [5.41, 5.74) is 2.55. The topological polar surface area (TPSA) is 68.5 Å². The molecule has 0 saturated heterocycles. The van der Waals surface area contributed by atoms with Gasteiger partial charge in [-0.15, -0.1) is 11.3 Å². The summed E-state index contributed by atoms with van der Waals surface area (Å²) < 4.78 is 11.7. The molecule has 0 saturated carbocycles. The van der Waals surface area contributed by atoms with Crippen LogP contribution in [0.15, 0.2) is 57.7 Å². The third kappa shape index (κ3) is 3.71. The molecule has 0 aliphatic rings. The molecule has 27 heavy (non-hydrogen) atoms. The Morgan fingerprint density at radius 1 is 1.11 bits per heavy atom. The van der Waals surface area contributed by atoms with Crippen molar-refractivity contribution in [3.8, 4) is 0 Å². The fourth-order valence-corrected chi connectivity index (χ4v) is 3.94. The van der Waals surface area contributed by atoms with E-state index >= 15 is 0 Å². The van der Waals surface area contributed by atoms with Crippen LogP contribution in [0.1, 0.15) is 16.0 Å². The number of nitrogens with one attached hydrogen (secondary N) is 1. The van der Waals surface area contributed by atoms with E-state index in [2.05, 4.69) is 23.5 Å². The average molecular weight is 379 g/mol. The lowest BCUT2D eigenvalue weighted by Crippen LogP contribution is -2.13. The van der Waals surface area contributed by atoms with E-state index in [1.165, 1.54) is 16.3 Å². The van der Waals surface area contributed by atoms with E-state index < -0.39 is 11.7 Å². The molecule has 2 aromatic heterocycles. The van der Waals surface area contributed by atoms with Crippen molar-refractivity contribution in [2.45, 2.75) is 20.5 Å². The zero-order valence-electron chi connectivity index (χ0n) is 14.9. The Kier molecular flexibility index (Phi) is 4.41. The number of aryl methyl sites for hydroxylation is 2. The van der Waals surface area contributed by atoms with Gasteiger partial charge < -0.3 is 9.15 Å². The summed E-state index contributed by atoms with van der Waals surface area (Å²) in [5, 5.41) is 4.65. The maximum Gasteiger partial charge on any atom is 0.411 e. The van der Waals surface area contributed by atoms with Crippen molar-refractivity contribution in [1.29, 1.82) is 0 Å². The van der Waals surface area contributed by atoms with Crippen LogP contribution in [0.25, 0.3) is 21.1 Å². The summed E-state index contributed by atoms with van der Waals surface area (Å²) in [4.78, 5) is 24.6. The van der Waals surface area contributed by atoms with E-state index in [0.717, 1.165) is 21.2 Å². The Morgan fingerprint density at radius 2 is 1.96 bits per heavy atom. The highest BCUT2D eigenvalue weighted by molar-refractivity contribution is 7.19. The Hall–Kier alpha value is -3.12. The normalized spacial score (nSPS) is 11.0. The second-order valence-corrected chi connectivity index (χ2v) is 7.58. The predicted molar refractivity (Wildman–Crippen MR) is 108 cm³/mol. The number of carbonyl (C=O) groups excluding carboxylic acids is 1. The number of carbonyl (C=O) groups is 1. The average Bonchev–Trinajstić information content (AvgIpc) is 3.01. The van der Waals surface area contributed by atoms with Crippen molar-refractivity contribution >= 4 is 44.2 Å². The molecule has 0 unspecified atom stereocenters. The lowest BCUT2D eigenvalue weighted by Gasteiger charge is -2.07. The van der Waals surface area contributed by atoms with Crippen LogP contribution < -0.4 is 10.9 Å². The molecule has 4 aromatic rings. The number of amides is 1. The molecule has 5 nitrogen and oxygen atoms in total. The SMILES string of the molecule is Cc1ccc2sc(COC(=O)Nc3ccc4c(C)cc(=O)oc4c3)cc2c1. The van der Waals surface area contributed by atoms with Crippen LogP contribution in [-0.2, 0) is 11.3 Å². The van der Waals surface area contributed by atoms with Crippen molar-refractivity contribution in [2.24, 2.45) is 0 Å². The molecule has 2 aromatic carbocycles. The van der Waals surface area contributed by atoms with Crippen molar-refractivity contribution < 1.29 is 13.9 Å². The van der Waals surface area contributed by atoms with Crippen molar-refractivity contribution in [3.63, 3.8) is 0 Å². The molecular weight excluding hydrogens is 362 g/mol. The van der Waals surface area contributed by atoms with Crippen LogP contribution in [0, 0.1) is 13.8 Å². The molecular formula is C21H17NO4S. The molecule has 1 N–H and O–H groups in total. The Balaban J connectivity index is 1.45. The van der Waals surface area contributed by atoms with Crippen LogP contribution in [0.5, 0.6) is 0 Å². The summed E-state index contributed by atoms with van der Waals surface area (Å²) in [7, 11) is 0. The van der Waals surface area contributed by atoms with Gasteiger partial charge in [-0.3, -0.25) is 5.32 Å². The zero-order valence-corrected chi connectivity index (χ0v) is 15.7. The van der Waals surface area contributed by atoms with E-state index in [1.54, 1.807) is 29.5 Å². The highest BCUT2D eigenvalue weighted by atomic mass is 32.1. The number of thiophene rings is 1. The lowest BCUT2D eigenvalue weighted by molar-refractivity contribution is 0.156. The van der Waals surface area contributed by atoms with E-state index in [-0.39, 0.29) is 6.61 Å². The van der Waals surface area contributed by atoms with Gasteiger partial charge >= 0.3 is 11.7 Å². The van der Waals surface area contributed by atoms with Gasteiger partial charge in [-0.05, 0) is 49.1 Å². The number of fused-ring (bicyclic) bond motifs is 2. The van der Waals surface area contributed by atoms with Crippen molar-refractivity contribution in [3.05, 3.63) is 75.0 Å². The van der Waals surface area contributed by atoms with Crippen LogP contribution in [0.3, 0.4) is 0 Å². The molecule has 0 aliphatic carbocycles. The van der Waals surface area contributed by atoms with Gasteiger partial charge in [0.1, 0.15) is 12.2 Å². The first-order valence-corrected chi connectivity index (χ1v) is 9.27. The molecule has 6 heteroatoms. The molecule has 0 spiro atoms. The summed E-state index contributed by atoms with van der Waals surface area (Å²) in [5.74, 6) is 0. The quantitative estimate of drug-likeness (QED) is 0.486. The van der Waals surface area contributed by atoms with Gasteiger partial charge in [-0.1, -0.05) is 17.7 Å². The first kappa shape index (κ1) is 17.3. The standard InChI is InChI=1S/C21H17NO4S/c1-12-3-6-19-14(7-12)9-16(27-19)11-25-21(24)22-15-4-5-17-13(2)8-20(23)26-18(17)10-15/h3-10H,11H2,1-2H3,(H,22,24). The van der Waals surface area contributed by atoms with Crippen molar-refractivity contribution in [1.82, 2.24) is 0 Å². The minimum Gasteiger partial charge on any atom is -0.444 e. The van der Waals surface area contributed by atoms with Gasteiger partial charge in [0.25, 0.3) is 0 Å². The smallest absolute Gasteiger partial charge is 0.411 e. The fourth-order valence-electron chi connectivity index (χ4n) is 2.98. The van der Waals surface area contributed by atoms with Gasteiger partial charge in [0.2, 0.25) is 0 Å². The van der Waals surface area contributed by atoms with Gasteiger partial charge in [0, 0.05) is 32.8 Å². The molecule has 0 radical (unpaired) electrons. The summed E-state index contributed by atoms with van der Waals surface area (Å²) in [6.07, 6.45) is -0.557. The lowest BCUT2D eigenvalue weighted by atomic mass is 10.1. The highest BCUT2D eigenvalue weighted by Gasteiger charge is 2.09. The first-order chi connectivity index (χ1) is 13.0. The number of hydrogen-bond donors (Lipinski definition) is 1. The predicted octanol–water partition coefficient (Wildman–Crippen LogP) is 5.37. The summed E-state index contributed by atoms with van der Waals surface area (Å²) in [6.45, 7) is 4.09.